The van der Waals surface area contributed by atoms with E-state index >= 15 is 0 Å². The van der Waals surface area contributed by atoms with Crippen molar-refractivity contribution < 1.29 is 4.79 Å². The molecule has 0 saturated heterocycles. The monoisotopic (exact) mass is 257 g/mol. The number of carbonyl (C=O) groups excluding carboxylic acids is 1. The van der Waals surface area contributed by atoms with Gasteiger partial charge in [-0.3, -0.25) is 9.69 Å². The zero-order valence-corrected chi connectivity index (χ0v) is 12.9. The van der Waals surface area contributed by atoms with Crippen molar-refractivity contribution in [1.82, 2.24) is 15.5 Å². The maximum atomic E-state index is 11.6. The molecule has 0 bridgehead atoms. The second-order valence-electron chi connectivity index (χ2n) is 5.63. The van der Waals surface area contributed by atoms with Crippen LogP contribution in [0.3, 0.4) is 0 Å². The Morgan fingerprint density at radius 2 is 1.56 bits per heavy atom. The first-order valence-corrected chi connectivity index (χ1v) is 7.10. The van der Waals surface area contributed by atoms with Gasteiger partial charge in [0.1, 0.15) is 0 Å². The molecule has 4 heteroatoms. The predicted molar refractivity (Wildman–Crippen MR) is 77.7 cm³/mol. The van der Waals surface area contributed by atoms with Crippen LogP contribution in [0.2, 0.25) is 0 Å². The van der Waals surface area contributed by atoms with Crippen molar-refractivity contribution in [2.75, 3.05) is 19.6 Å². The average Bonchev–Trinajstić information content (AvgIpc) is 2.22. The van der Waals surface area contributed by atoms with Gasteiger partial charge >= 0.3 is 0 Å². The number of nitrogens with one attached hydrogen (secondary N) is 2. The van der Waals surface area contributed by atoms with E-state index in [1.165, 1.54) is 0 Å². The van der Waals surface area contributed by atoms with Gasteiger partial charge in [0, 0.05) is 44.2 Å². The Hall–Kier alpha value is -0.610. The predicted octanol–water partition coefficient (Wildman–Crippen LogP) is 1.61. The number of hydrogen-bond acceptors (Lipinski definition) is 3. The van der Waals surface area contributed by atoms with Crippen LogP contribution in [-0.2, 0) is 4.79 Å². The molecule has 0 heterocycles. The van der Waals surface area contributed by atoms with Crippen LogP contribution in [0.25, 0.3) is 0 Å². The van der Waals surface area contributed by atoms with Crippen LogP contribution in [0, 0.1) is 0 Å². The van der Waals surface area contributed by atoms with Gasteiger partial charge in [-0.25, -0.2) is 0 Å². The molecule has 18 heavy (non-hydrogen) atoms. The number of amides is 1. The zero-order chi connectivity index (χ0) is 14.1. The van der Waals surface area contributed by atoms with Crippen molar-refractivity contribution in [1.29, 1.82) is 0 Å². The summed E-state index contributed by atoms with van der Waals surface area (Å²) in [5.41, 5.74) is 0. The highest BCUT2D eigenvalue weighted by molar-refractivity contribution is 5.76. The van der Waals surface area contributed by atoms with Crippen LogP contribution in [0.5, 0.6) is 0 Å². The van der Waals surface area contributed by atoms with Crippen LogP contribution in [0.4, 0.5) is 0 Å². The zero-order valence-electron chi connectivity index (χ0n) is 12.9. The molecular formula is C14H31N3O. The minimum Gasteiger partial charge on any atom is -0.355 e. The van der Waals surface area contributed by atoms with E-state index in [0.717, 1.165) is 19.6 Å². The number of hydrogen-bond donors (Lipinski definition) is 2. The molecule has 0 radical (unpaired) electrons. The van der Waals surface area contributed by atoms with E-state index in [9.17, 15) is 4.79 Å². The molecule has 0 fully saturated rings. The van der Waals surface area contributed by atoms with Gasteiger partial charge in [0.25, 0.3) is 0 Å². The summed E-state index contributed by atoms with van der Waals surface area (Å²) in [6.07, 6.45) is 0.557. The molecule has 0 aromatic rings. The lowest BCUT2D eigenvalue weighted by atomic mass is 10.2. The van der Waals surface area contributed by atoms with Crippen LogP contribution >= 0.6 is 0 Å². The number of nitrogens with zero attached hydrogens (tertiary/aromatic N) is 1. The third-order valence-electron chi connectivity index (χ3n) is 2.92. The van der Waals surface area contributed by atoms with Crippen LogP contribution < -0.4 is 10.6 Å². The summed E-state index contributed by atoms with van der Waals surface area (Å²) in [5.74, 6) is 0.135. The van der Waals surface area contributed by atoms with Gasteiger partial charge in [-0.2, -0.15) is 0 Å². The Kier molecular flexibility index (Phi) is 9.02. The van der Waals surface area contributed by atoms with E-state index in [-0.39, 0.29) is 5.91 Å². The van der Waals surface area contributed by atoms with E-state index in [4.69, 9.17) is 0 Å². The molecule has 4 nitrogen and oxygen atoms in total. The largest absolute Gasteiger partial charge is 0.355 e. The summed E-state index contributed by atoms with van der Waals surface area (Å²) in [7, 11) is 0. The molecule has 108 valence electrons. The second kappa shape index (κ2) is 9.34. The van der Waals surface area contributed by atoms with Crippen LogP contribution in [0.15, 0.2) is 0 Å². The molecule has 0 unspecified atom stereocenters. The second-order valence-corrected chi connectivity index (χ2v) is 5.63. The van der Waals surface area contributed by atoms with Crippen molar-refractivity contribution in [3.63, 3.8) is 0 Å². The average molecular weight is 257 g/mol. The molecule has 0 aliphatic rings. The summed E-state index contributed by atoms with van der Waals surface area (Å²) >= 11 is 0. The first-order chi connectivity index (χ1) is 8.34. The first kappa shape index (κ1) is 17.4. The van der Waals surface area contributed by atoms with Gasteiger partial charge in [-0.15, -0.1) is 0 Å². The van der Waals surface area contributed by atoms with E-state index in [0.29, 0.717) is 24.5 Å². The lowest BCUT2D eigenvalue weighted by Crippen LogP contribution is -2.42. The SMILES string of the molecule is CC(C)NCCC(=O)NCCN(C(C)C)C(C)C. The van der Waals surface area contributed by atoms with Gasteiger partial charge in [-0.1, -0.05) is 13.8 Å². The molecule has 0 aliphatic heterocycles. The fraction of sp³-hybridized carbons (Fsp3) is 0.929. The van der Waals surface area contributed by atoms with Crippen LogP contribution in [0.1, 0.15) is 48.0 Å². The molecule has 0 saturated carbocycles. The van der Waals surface area contributed by atoms with Crippen molar-refractivity contribution in [3.05, 3.63) is 0 Å². The molecular weight excluding hydrogens is 226 g/mol. The normalized spacial score (nSPS) is 11.9. The first-order valence-electron chi connectivity index (χ1n) is 7.10. The van der Waals surface area contributed by atoms with Gasteiger partial charge < -0.3 is 10.6 Å². The summed E-state index contributed by atoms with van der Waals surface area (Å²) < 4.78 is 0. The van der Waals surface area contributed by atoms with E-state index in [1.54, 1.807) is 0 Å². The third kappa shape index (κ3) is 8.48. The van der Waals surface area contributed by atoms with Gasteiger partial charge in [-0.05, 0) is 27.7 Å². The van der Waals surface area contributed by atoms with Crippen molar-refractivity contribution in [3.8, 4) is 0 Å². The molecule has 0 rings (SSSR count). The van der Waals surface area contributed by atoms with Gasteiger partial charge in [0.2, 0.25) is 5.91 Å². The molecule has 0 spiro atoms. The highest BCUT2D eigenvalue weighted by atomic mass is 16.1. The molecule has 1 amide bonds. The van der Waals surface area contributed by atoms with E-state index in [2.05, 4.69) is 57.1 Å². The molecule has 0 atom stereocenters. The fourth-order valence-electron chi connectivity index (χ4n) is 2.00. The minimum atomic E-state index is 0.135. The lowest BCUT2D eigenvalue weighted by molar-refractivity contribution is -0.121. The Morgan fingerprint density at radius 1 is 1.00 bits per heavy atom. The molecule has 0 aromatic heterocycles. The molecule has 2 N–H and O–H groups in total. The number of carbonyl (C=O) groups is 1. The molecule has 0 aliphatic carbocycles. The summed E-state index contributed by atoms with van der Waals surface area (Å²) in [6, 6.07) is 1.48. The van der Waals surface area contributed by atoms with Gasteiger partial charge in [0.15, 0.2) is 0 Å². The smallest absolute Gasteiger partial charge is 0.221 e. The van der Waals surface area contributed by atoms with E-state index < -0.39 is 0 Å². The third-order valence-corrected chi connectivity index (χ3v) is 2.92. The Bertz CT molecular complexity index is 219. The van der Waals surface area contributed by atoms with Crippen molar-refractivity contribution in [2.45, 2.75) is 66.1 Å². The Morgan fingerprint density at radius 3 is 2.00 bits per heavy atom. The van der Waals surface area contributed by atoms with Crippen molar-refractivity contribution in [2.24, 2.45) is 0 Å². The van der Waals surface area contributed by atoms with Crippen LogP contribution in [-0.4, -0.2) is 48.6 Å². The molecule has 0 aromatic carbocycles. The lowest BCUT2D eigenvalue weighted by Gasteiger charge is -2.30. The summed E-state index contributed by atoms with van der Waals surface area (Å²) in [5, 5.41) is 6.22. The summed E-state index contributed by atoms with van der Waals surface area (Å²) in [6.45, 7) is 15.3. The fourth-order valence-corrected chi connectivity index (χ4v) is 2.00. The minimum absolute atomic E-state index is 0.135. The summed E-state index contributed by atoms with van der Waals surface area (Å²) in [4.78, 5) is 14.0. The Labute approximate surface area is 113 Å². The van der Waals surface area contributed by atoms with E-state index in [1.807, 2.05) is 0 Å². The standard InChI is InChI=1S/C14H31N3O/c1-11(2)15-8-7-14(18)16-9-10-17(12(3)4)13(5)6/h11-13,15H,7-10H2,1-6H3,(H,16,18). The Balaban J connectivity index is 3.72. The quantitative estimate of drug-likeness (QED) is 0.659. The highest BCUT2D eigenvalue weighted by Gasteiger charge is 2.12. The topological polar surface area (TPSA) is 44.4 Å². The number of rotatable bonds is 9. The van der Waals surface area contributed by atoms with Gasteiger partial charge in [0.05, 0.1) is 0 Å². The maximum Gasteiger partial charge on any atom is 0.221 e. The maximum absolute atomic E-state index is 11.6. The van der Waals surface area contributed by atoms with Crippen molar-refractivity contribution >= 4 is 5.91 Å². The highest BCUT2D eigenvalue weighted by Crippen LogP contribution is 2.03.